The van der Waals surface area contributed by atoms with Gasteiger partial charge in [0.25, 0.3) is 0 Å². The Hall–Kier alpha value is -0.840. The minimum absolute atomic E-state index is 0.205. The molecule has 0 aliphatic carbocycles. The molecule has 0 aliphatic rings. The van der Waals surface area contributed by atoms with Crippen molar-refractivity contribution in [2.45, 2.75) is 46.4 Å². The fraction of sp³-hybridized carbons (Fsp3) is 0.643. The molecule has 0 fully saturated rings. The number of aromatic nitrogens is 1. The summed E-state index contributed by atoms with van der Waals surface area (Å²) < 4.78 is 10.9. The number of hydrogen-bond donors (Lipinski definition) is 1. The van der Waals surface area contributed by atoms with E-state index in [-0.39, 0.29) is 6.10 Å². The zero-order valence-electron chi connectivity index (χ0n) is 12.1. The SMILES string of the molecule is CC(C)NCc1cnc(OCCOC(C)C)c(Cl)c1. The second-order valence-electron chi connectivity index (χ2n) is 4.93. The first-order chi connectivity index (χ1) is 8.99. The number of rotatable bonds is 8. The van der Waals surface area contributed by atoms with E-state index in [0.29, 0.717) is 30.2 Å². The lowest BCUT2D eigenvalue weighted by molar-refractivity contribution is 0.0543. The van der Waals surface area contributed by atoms with Crippen molar-refractivity contribution in [3.8, 4) is 5.88 Å². The molecule has 1 aromatic rings. The van der Waals surface area contributed by atoms with E-state index >= 15 is 0 Å². The van der Waals surface area contributed by atoms with Crippen LogP contribution >= 0.6 is 11.6 Å². The normalized spacial score (nSPS) is 11.3. The lowest BCUT2D eigenvalue weighted by Crippen LogP contribution is -2.21. The van der Waals surface area contributed by atoms with E-state index in [4.69, 9.17) is 21.1 Å². The largest absolute Gasteiger partial charge is 0.474 e. The summed E-state index contributed by atoms with van der Waals surface area (Å²) in [5.41, 5.74) is 1.05. The van der Waals surface area contributed by atoms with Gasteiger partial charge in [0.1, 0.15) is 11.6 Å². The maximum atomic E-state index is 6.13. The number of nitrogens with one attached hydrogen (secondary N) is 1. The lowest BCUT2D eigenvalue weighted by atomic mass is 10.2. The maximum absolute atomic E-state index is 6.13. The van der Waals surface area contributed by atoms with Gasteiger partial charge in [0.05, 0.1) is 12.7 Å². The van der Waals surface area contributed by atoms with Crippen LogP contribution in [0.2, 0.25) is 5.02 Å². The third-order valence-corrected chi connectivity index (χ3v) is 2.62. The second kappa shape index (κ2) is 8.35. The number of halogens is 1. The molecule has 0 aliphatic heterocycles. The molecule has 1 N–H and O–H groups in total. The first-order valence-corrected chi connectivity index (χ1v) is 6.99. The molecular formula is C14H23ClN2O2. The van der Waals surface area contributed by atoms with Crippen molar-refractivity contribution in [3.63, 3.8) is 0 Å². The van der Waals surface area contributed by atoms with E-state index in [0.717, 1.165) is 12.1 Å². The monoisotopic (exact) mass is 286 g/mol. The van der Waals surface area contributed by atoms with Gasteiger partial charge in [-0.1, -0.05) is 25.4 Å². The molecule has 19 heavy (non-hydrogen) atoms. The van der Waals surface area contributed by atoms with Crippen LogP contribution < -0.4 is 10.1 Å². The topological polar surface area (TPSA) is 43.4 Å². The summed E-state index contributed by atoms with van der Waals surface area (Å²) in [6.45, 7) is 9.91. The molecule has 0 saturated heterocycles. The molecule has 5 heteroatoms. The van der Waals surface area contributed by atoms with Crippen molar-refractivity contribution in [2.24, 2.45) is 0 Å². The predicted molar refractivity (Wildman–Crippen MR) is 77.8 cm³/mol. The van der Waals surface area contributed by atoms with Gasteiger partial charge in [-0.05, 0) is 25.5 Å². The van der Waals surface area contributed by atoms with Gasteiger partial charge in [-0.2, -0.15) is 0 Å². The molecule has 0 atom stereocenters. The van der Waals surface area contributed by atoms with Crippen molar-refractivity contribution in [2.75, 3.05) is 13.2 Å². The van der Waals surface area contributed by atoms with Gasteiger partial charge in [-0.3, -0.25) is 0 Å². The highest BCUT2D eigenvalue weighted by Gasteiger charge is 2.05. The molecule has 4 nitrogen and oxygen atoms in total. The fourth-order valence-corrected chi connectivity index (χ4v) is 1.66. The van der Waals surface area contributed by atoms with Crippen molar-refractivity contribution in [3.05, 3.63) is 22.8 Å². The van der Waals surface area contributed by atoms with Crippen LogP contribution in [0.5, 0.6) is 5.88 Å². The van der Waals surface area contributed by atoms with Crippen LogP contribution in [0.15, 0.2) is 12.3 Å². The number of ether oxygens (including phenoxy) is 2. The highest BCUT2D eigenvalue weighted by Crippen LogP contribution is 2.22. The molecule has 108 valence electrons. The standard InChI is InChI=1S/C14H23ClN2O2/c1-10(2)16-8-12-7-13(15)14(17-9-12)19-6-5-18-11(3)4/h7,9-11,16H,5-6,8H2,1-4H3. The summed E-state index contributed by atoms with van der Waals surface area (Å²) in [6, 6.07) is 2.31. The Morgan fingerprint density at radius 2 is 2.00 bits per heavy atom. The average Bonchev–Trinajstić information content (AvgIpc) is 2.33. The molecule has 0 aromatic carbocycles. The minimum atomic E-state index is 0.205. The van der Waals surface area contributed by atoms with Gasteiger partial charge < -0.3 is 14.8 Å². The Bertz CT molecular complexity index is 384. The van der Waals surface area contributed by atoms with Gasteiger partial charge >= 0.3 is 0 Å². The Labute approximate surface area is 120 Å². The van der Waals surface area contributed by atoms with Crippen LogP contribution in [0.4, 0.5) is 0 Å². The Morgan fingerprint density at radius 3 is 2.58 bits per heavy atom. The van der Waals surface area contributed by atoms with Crippen LogP contribution in [0.3, 0.4) is 0 Å². The third kappa shape index (κ3) is 6.76. The van der Waals surface area contributed by atoms with Gasteiger partial charge in [-0.25, -0.2) is 4.98 Å². The molecule has 0 amide bonds. The summed E-state index contributed by atoms with van der Waals surface area (Å²) in [4.78, 5) is 4.22. The Morgan fingerprint density at radius 1 is 1.26 bits per heavy atom. The van der Waals surface area contributed by atoms with Crippen LogP contribution in [0.1, 0.15) is 33.3 Å². The highest BCUT2D eigenvalue weighted by atomic mass is 35.5. The van der Waals surface area contributed by atoms with Crippen LogP contribution in [-0.4, -0.2) is 30.3 Å². The van der Waals surface area contributed by atoms with E-state index in [1.54, 1.807) is 6.20 Å². The van der Waals surface area contributed by atoms with Crippen LogP contribution in [0, 0.1) is 0 Å². The maximum Gasteiger partial charge on any atom is 0.232 e. The number of nitrogens with zero attached hydrogens (tertiary/aromatic N) is 1. The quantitative estimate of drug-likeness (QED) is 0.746. The molecule has 0 spiro atoms. The summed E-state index contributed by atoms with van der Waals surface area (Å²) in [6.07, 6.45) is 1.98. The molecule has 0 radical (unpaired) electrons. The molecule has 0 unspecified atom stereocenters. The third-order valence-electron chi connectivity index (χ3n) is 2.35. The molecule has 1 rings (SSSR count). The van der Waals surface area contributed by atoms with E-state index in [9.17, 15) is 0 Å². The minimum Gasteiger partial charge on any atom is -0.474 e. The van der Waals surface area contributed by atoms with E-state index in [2.05, 4.69) is 24.1 Å². The Kier molecular flexibility index (Phi) is 7.13. The summed E-state index contributed by atoms with van der Waals surface area (Å²) >= 11 is 6.13. The fourth-order valence-electron chi connectivity index (χ4n) is 1.41. The zero-order chi connectivity index (χ0) is 14.3. The smallest absolute Gasteiger partial charge is 0.232 e. The molecular weight excluding hydrogens is 264 g/mol. The highest BCUT2D eigenvalue weighted by molar-refractivity contribution is 6.31. The van der Waals surface area contributed by atoms with E-state index in [1.165, 1.54) is 0 Å². The van der Waals surface area contributed by atoms with Crippen molar-refractivity contribution in [1.29, 1.82) is 0 Å². The van der Waals surface area contributed by atoms with Gasteiger partial charge in [-0.15, -0.1) is 0 Å². The van der Waals surface area contributed by atoms with Gasteiger partial charge in [0.15, 0.2) is 0 Å². The number of pyridine rings is 1. The summed E-state index contributed by atoms with van der Waals surface area (Å²) in [5.74, 6) is 0.460. The molecule has 0 bridgehead atoms. The lowest BCUT2D eigenvalue weighted by Gasteiger charge is -2.11. The first-order valence-electron chi connectivity index (χ1n) is 6.61. The zero-order valence-corrected chi connectivity index (χ0v) is 12.8. The second-order valence-corrected chi connectivity index (χ2v) is 5.34. The van der Waals surface area contributed by atoms with Crippen LogP contribution in [0.25, 0.3) is 0 Å². The number of hydrogen-bond acceptors (Lipinski definition) is 4. The Balaban J connectivity index is 2.43. The van der Waals surface area contributed by atoms with Gasteiger partial charge in [0, 0.05) is 18.8 Å². The molecule has 1 aromatic heterocycles. The summed E-state index contributed by atoms with van der Waals surface area (Å²) in [7, 11) is 0. The molecule has 0 saturated carbocycles. The van der Waals surface area contributed by atoms with E-state index < -0.39 is 0 Å². The average molecular weight is 287 g/mol. The van der Waals surface area contributed by atoms with Crippen molar-refractivity contribution in [1.82, 2.24) is 10.3 Å². The molecule has 1 heterocycles. The summed E-state index contributed by atoms with van der Waals surface area (Å²) in [5, 5.41) is 3.85. The van der Waals surface area contributed by atoms with Crippen molar-refractivity contribution < 1.29 is 9.47 Å². The van der Waals surface area contributed by atoms with Crippen molar-refractivity contribution >= 4 is 11.6 Å². The first kappa shape index (κ1) is 16.2. The van der Waals surface area contributed by atoms with Gasteiger partial charge in [0.2, 0.25) is 5.88 Å². The predicted octanol–water partition coefficient (Wildman–Crippen LogP) is 3.04. The van der Waals surface area contributed by atoms with Crippen LogP contribution in [-0.2, 0) is 11.3 Å². The van der Waals surface area contributed by atoms with E-state index in [1.807, 2.05) is 19.9 Å².